The Kier molecular flexibility index (Phi) is 7.99. The summed E-state index contributed by atoms with van der Waals surface area (Å²) in [5, 5.41) is 9.05. The minimum Gasteiger partial charge on any atom is -0.424 e. The average Bonchev–Trinajstić information content (AvgIpc) is 3.60. The predicted molar refractivity (Wildman–Crippen MR) is 154 cm³/mol. The van der Waals surface area contributed by atoms with Gasteiger partial charge in [-0.15, -0.1) is 11.3 Å². The van der Waals surface area contributed by atoms with Crippen LogP contribution in [0.2, 0.25) is 0 Å². The van der Waals surface area contributed by atoms with Crippen LogP contribution in [0.3, 0.4) is 0 Å². The summed E-state index contributed by atoms with van der Waals surface area (Å²) in [5.41, 5.74) is 4.88. The zero-order valence-corrected chi connectivity index (χ0v) is 22.5. The van der Waals surface area contributed by atoms with E-state index in [9.17, 15) is 13.2 Å². The first-order chi connectivity index (χ1) is 18.9. The molecule has 5 aromatic rings. The van der Waals surface area contributed by atoms with Crippen molar-refractivity contribution in [1.82, 2.24) is 9.97 Å². The lowest BCUT2D eigenvalue weighted by Gasteiger charge is -2.16. The number of nitrogens with zero attached hydrogens (tertiary/aromatic N) is 2. The zero-order chi connectivity index (χ0) is 27.2. The van der Waals surface area contributed by atoms with E-state index >= 15 is 0 Å². The number of carbonyl (C=O) groups is 1. The van der Waals surface area contributed by atoms with Gasteiger partial charge in [-0.05, 0) is 48.4 Å². The van der Waals surface area contributed by atoms with Crippen LogP contribution in [0.1, 0.15) is 24.2 Å². The third kappa shape index (κ3) is 6.89. The summed E-state index contributed by atoms with van der Waals surface area (Å²) in [4.78, 5) is 20.6. The molecular weight excluding hydrogens is 534 g/mol. The third-order valence-corrected chi connectivity index (χ3v) is 7.16. The largest absolute Gasteiger partial charge is 0.424 e. The van der Waals surface area contributed by atoms with Crippen LogP contribution in [-0.2, 0) is 22.1 Å². The van der Waals surface area contributed by atoms with Crippen LogP contribution in [-0.4, -0.2) is 24.3 Å². The van der Waals surface area contributed by atoms with Crippen molar-refractivity contribution in [3.05, 3.63) is 102 Å². The Morgan fingerprint density at radius 3 is 2.36 bits per heavy atom. The first-order valence-electron chi connectivity index (χ1n) is 12.0. The molecule has 2 heterocycles. The maximum absolute atomic E-state index is 11.3. The molecule has 0 saturated heterocycles. The molecule has 3 aromatic carbocycles. The van der Waals surface area contributed by atoms with Gasteiger partial charge in [0.05, 0.1) is 17.9 Å². The molecule has 0 spiro atoms. The second-order valence-electron chi connectivity index (χ2n) is 8.70. The number of aromatic nitrogens is 2. The van der Waals surface area contributed by atoms with Crippen molar-refractivity contribution in [3.8, 4) is 21.9 Å². The van der Waals surface area contributed by atoms with Gasteiger partial charge in [-0.1, -0.05) is 42.5 Å². The first kappa shape index (κ1) is 26.1. The molecule has 0 unspecified atom stereocenters. The van der Waals surface area contributed by atoms with Crippen LogP contribution >= 0.6 is 11.3 Å². The first-order valence-corrected chi connectivity index (χ1v) is 14.1. The molecule has 2 aromatic heterocycles. The van der Waals surface area contributed by atoms with E-state index in [1.165, 1.54) is 6.92 Å². The standard InChI is InChI=1S/C28H25N5O4S2/c1-18(34)30-22-13-9-20(10-14-22)26-16-29-28(37-26)32-24(15-19-7-11-23(12-8-19)33-39(35)36)25-17-38-27(31-25)21-5-3-2-4-6-21/h2-14,16-17,24,39H,15H2,1H3,(H,29,32)(H,30,34)(H,33,35,36)/t24-/m0/s1. The fourth-order valence-corrected chi connectivity index (χ4v) is 5.23. The van der Waals surface area contributed by atoms with Crippen molar-refractivity contribution in [3.63, 3.8) is 0 Å². The number of hydrogen-bond acceptors (Lipinski definition) is 8. The zero-order valence-electron chi connectivity index (χ0n) is 20.8. The quantitative estimate of drug-likeness (QED) is 0.160. The van der Waals surface area contributed by atoms with Crippen LogP contribution in [0.25, 0.3) is 21.9 Å². The Labute approximate surface area is 231 Å². The number of thiazole rings is 1. The summed E-state index contributed by atoms with van der Waals surface area (Å²) in [5.74, 6) is 0.445. The van der Waals surface area contributed by atoms with Gasteiger partial charge in [-0.2, -0.15) is 0 Å². The van der Waals surface area contributed by atoms with Crippen molar-refractivity contribution in [2.75, 3.05) is 15.4 Å². The number of amides is 1. The fourth-order valence-electron chi connectivity index (χ4n) is 3.99. The molecule has 198 valence electrons. The number of nitrogens with one attached hydrogen (secondary N) is 3. The second-order valence-corrected chi connectivity index (χ2v) is 10.3. The van der Waals surface area contributed by atoms with Crippen molar-refractivity contribution in [2.45, 2.75) is 19.4 Å². The lowest BCUT2D eigenvalue weighted by atomic mass is 10.0. The number of carbonyl (C=O) groups excluding carboxylic acids is 1. The fraction of sp³-hybridized carbons (Fsp3) is 0.107. The van der Waals surface area contributed by atoms with Gasteiger partial charge in [0, 0.05) is 34.8 Å². The van der Waals surface area contributed by atoms with Gasteiger partial charge >= 0.3 is 0 Å². The molecule has 0 fully saturated rings. The monoisotopic (exact) mass is 559 g/mol. The van der Waals surface area contributed by atoms with Gasteiger partial charge in [-0.3, -0.25) is 9.52 Å². The smallest absolute Gasteiger partial charge is 0.295 e. The summed E-state index contributed by atoms with van der Waals surface area (Å²) < 4.78 is 30.4. The summed E-state index contributed by atoms with van der Waals surface area (Å²) >= 11 is 1.56. The molecule has 9 nitrogen and oxygen atoms in total. The van der Waals surface area contributed by atoms with E-state index in [1.807, 2.05) is 60.0 Å². The molecular formula is C28H25N5O4S2. The minimum atomic E-state index is -2.73. The summed E-state index contributed by atoms with van der Waals surface area (Å²) in [6.45, 7) is 1.46. The van der Waals surface area contributed by atoms with Gasteiger partial charge in [0.25, 0.3) is 6.01 Å². The van der Waals surface area contributed by atoms with Crippen LogP contribution < -0.4 is 15.4 Å². The molecule has 0 aliphatic rings. The Morgan fingerprint density at radius 1 is 0.949 bits per heavy atom. The van der Waals surface area contributed by atoms with E-state index < -0.39 is 10.9 Å². The van der Waals surface area contributed by atoms with E-state index in [4.69, 9.17) is 9.40 Å². The topological polar surface area (TPSA) is 126 Å². The maximum atomic E-state index is 11.3. The molecule has 11 heteroatoms. The minimum absolute atomic E-state index is 0.135. The molecule has 1 atom stereocenters. The molecule has 39 heavy (non-hydrogen) atoms. The van der Waals surface area contributed by atoms with E-state index in [1.54, 1.807) is 41.8 Å². The molecule has 1 amide bonds. The van der Waals surface area contributed by atoms with E-state index in [0.29, 0.717) is 29.6 Å². The van der Waals surface area contributed by atoms with Gasteiger partial charge in [-0.25, -0.2) is 18.4 Å². The van der Waals surface area contributed by atoms with Gasteiger partial charge in [0.2, 0.25) is 16.8 Å². The van der Waals surface area contributed by atoms with Gasteiger partial charge in [0.15, 0.2) is 5.76 Å². The number of hydrogen-bond donors (Lipinski definition) is 4. The van der Waals surface area contributed by atoms with Crippen molar-refractivity contribution in [2.24, 2.45) is 0 Å². The highest BCUT2D eigenvalue weighted by Gasteiger charge is 2.19. The second kappa shape index (κ2) is 11.9. The van der Waals surface area contributed by atoms with Crippen LogP contribution in [0.4, 0.5) is 17.4 Å². The number of benzene rings is 3. The Morgan fingerprint density at radius 2 is 1.67 bits per heavy atom. The Balaban J connectivity index is 1.38. The van der Waals surface area contributed by atoms with Crippen molar-refractivity contribution >= 4 is 45.5 Å². The number of thiol groups is 1. The third-order valence-electron chi connectivity index (χ3n) is 5.81. The SMILES string of the molecule is CC(=O)Nc1ccc(-c2cnc(N[C@@H](Cc3ccc(N[SH](=O)=O)cc3)c3csc(-c4ccccc4)n3)o2)cc1. The summed E-state index contributed by atoms with van der Waals surface area (Å²) in [7, 11) is -2.73. The molecule has 0 aliphatic heterocycles. The van der Waals surface area contributed by atoms with Gasteiger partial charge < -0.3 is 15.1 Å². The Hall–Kier alpha value is -4.48. The molecule has 0 aliphatic carbocycles. The molecule has 0 saturated carbocycles. The highest BCUT2D eigenvalue weighted by atomic mass is 32.2. The van der Waals surface area contributed by atoms with Crippen molar-refractivity contribution < 1.29 is 17.6 Å². The van der Waals surface area contributed by atoms with Crippen LogP contribution in [0.5, 0.6) is 0 Å². The highest BCUT2D eigenvalue weighted by Crippen LogP contribution is 2.31. The van der Waals surface area contributed by atoms with Gasteiger partial charge in [0.1, 0.15) is 5.01 Å². The molecule has 3 N–H and O–H groups in total. The lowest BCUT2D eigenvalue weighted by molar-refractivity contribution is -0.114. The van der Waals surface area contributed by atoms with Crippen LogP contribution in [0, 0.1) is 0 Å². The average molecular weight is 560 g/mol. The van der Waals surface area contributed by atoms with E-state index in [-0.39, 0.29) is 11.9 Å². The van der Waals surface area contributed by atoms with E-state index in [0.717, 1.165) is 27.4 Å². The number of oxazole rings is 1. The maximum Gasteiger partial charge on any atom is 0.295 e. The molecule has 0 bridgehead atoms. The van der Waals surface area contributed by atoms with E-state index in [2.05, 4.69) is 20.3 Å². The highest BCUT2D eigenvalue weighted by molar-refractivity contribution is 7.73. The summed E-state index contributed by atoms with van der Waals surface area (Å²) in [6, 6.07) is 24.6. The number of rotatable bonds is 10. The normalized spacial score (nSPS) is 11.7. The Bertz CT molecular complexity index is 1620. The van der Waals surface area contributed by atoms with Crippen LogP contribution in [0.15, 0.2) is 94.9 Å². The molecule has 5 rings (SSSR count). The lowest BCUT2D eigenvalue weighted by Crippen LogP contribution is -2.14. The predicted octanol–water partition coefficient (Wildman–Crippen LogP) is 5.76. The van der Waals surface area contributed by atoms with Crippen molar-refractivity contribution in [1.29, 1.82) is 0 Å². The number of anilines is 3. The summed E-state index contributed by atoms with van der Waals surface area (Å²) in [6.07, 6.45) is 2.21. The molecule has 0 radical (unpaired) electrons.